The monoisotopic (exact) mass is 196 g/mol. The van der Waals surface area contributed by atoms with E-state index >= 15 is 0 Å². The Morgan fingerprint density at radius 3 is 2.64 bits per heavy atom. The molecule has 0 aliphatic heterocycles. The Morgan fingerprint density at radius 2 is 2.21 bits per heavy atom. The number of aromatic nitrogens is 1. The van der Waals surface area contributed by atoms with Gasteiger partial charge in [0.05, 0.1) is 5.69 Å². The summed E-state index contributed by atoms with van der Waals surface area (Å²) in [5, 5.41) is 18.2. The van der Waals surface area contributed by atoms with Crippen LogP contribution in [0.15, 0.2) is 11.1 Å². The lowest BCUT2D eigenvalue weighted by Crippen LogP contribution is -2.02. The van der Waals surface area contributed by atoms with Crippen LogP contribution >= 0.6 is 0 Å². The highest BCUT2D eigenvalue weighted by atomic mass is 16.5. The average molecular weight is 196 g/mol. The van der Waals surface area contributed by atoms with Crippen LogP contribution in [0.4, 0.5) is 5.82 Å². The summed E-state index contributed by atoms with van der Waals surface area (Å²) in [6.07, 6.45) is 1.08. The Hall–Kier alpha value is -1.13. The minimum atomic E-state index is -1.44. The minimum absolute atomic E-state index is 0.474. The smallest absolute Gasteiger partial charge is 0.194 e. The minimum Gasteiger partial charge on any atom is -0.363 e. The van der Waals surface area contributed by atoms with E-state index in [9.17, 15) is 0 Å². The van der Waals surface area contributed by atoms with Gasteiger partial charge in [0.1, 0.15) is 5.82 Å². The zero-order valence-electron chi connectivity index (χ0n) is 8.73. The normalized spacial score (nSPS) is 11.9. The molecule has 78 valence electrons. The fraction of sp³-hybridized carbons (Fsp3) is 0.500. The van der Waals surface area contributed by atoms with E-state index in [-0.39, 0.29) is 0 Å². The molecule has 0 aliphatic carbocycles. The summed E-state index contributed by atoms with van der Waals surface area (Å²) in [4.78, 5) is 4.20. The molecule has 1 rings (SSSR count). The molecule has 0 amide bonds. The number of hydrogen-bond donors (Lipinski definition) is 2. The van der Waals surface area contributed by atoms with E-state index in [1.54, 1.807) is 23.9 Å². The molecule has 0 aromatic carbocycles. The molecular weight excluding hydrogens is 180 g/mol. The lowest BCUT2D eigenvalue weighted by Gasteiger charge is -2.05. The fourth-order valence-electron chi connectivity index (χ4n) is 1.48. The summed E-state index contributed by atoms with van der Waals surface area (Å²) >= 11 is 0. The molecule has 1 aromatic heterocycles. The number of rotatable bonds is 3. The van der Waals surface area contributed by atoms with Crippen LogP contribution < -0.4 is 0 Å². The molecule has 0 radical (unpaired) electrons. The van der Waals surface area contributed by atoms with Gasteiger partial charge in [-0.05, 0) is 25.0 Å². The molecule has 0 saturated heterocycles. The lowest BCUT2D eigenvalue weighted by atomic mass is 10.2. The van der Waals surface area contributed by atoms with Crippen LogP contribution in [0.1, 0.15) is 31.4 Å². The van der Waals surface area contributed by atoms with Gasteiger partial charge in [-0.3, -0.25) is 0 Å². The van der Waals surface area contributed by atoms with E-state index in [2.05, 4.69) is 4.99 Å². The van der Waals surface area contributed by atoms with Gasteiger partial charge >= 0.3 is 0 Å². The van der Waals surface area contributed by atoms with Crippen LogP contribution in [0.2, 0.25) is 0 Å². The third-order valence-electron chi connectivity index (χ3n) is 2.21. The summed E-state index contributed by atoms with van der Waals surface area (Å²) in [5.74, 6) is 0.790. The van der Waals surface area contributed by atoms with Crippen molar-refractivity contribution in [2.45, 2.75) is 26.6 Å². The molecular formula is C10H16N2O2. The maximum atomic E-state index is 9.09. The molecule has 0 saturated carbocycles. The van der Waals surface area contributed by atoms with Gasteiger partial charge in [0.2, 0.25) is 0 Å². The van der Waals surface area contributed by atoms with Gasteiger partial charge in [-0.25, -0.2) is 4.99 Å². The highest BCUT2D eigenvalue weighted by molar-refractivity contribution is 5.61. The first-order chi connectivity index (χ1) is 6.61. The molecule has 0 unspecified atom stereocenters. The molecule has 0 spiro atoms. The van der Waals surface area contributed by atoms with Crippen molar-refractivity contribution in [3.8, 4) is 0 Å². The van der Waals surface area contributed by atoms with Crippen molar-refractivity contribution in [3.05, 3.63) is 17.3 Å². The second kappa shape index (κ2) is 4.39. The van der Waals surface area contributed by atoms with E-state index < -0.39 is 6.29 Å². The van der Waals surface area contributed by atoms with E-state index in [0.717, 1.165) is 17.8 Å². The van der Waals surface area contributed by atoms with Gasteiger partial charge in [0.25, 0.3) is 0 Å². The number of aryl methyl sites for hydroxylation is 1. The molecule has 1 heterocycles. The first-order valence-electron chi connectivity index (χ1n) is 4.65. The highest BCUT2D eigenvalue weighted by Crippen LogP contribution is 2.26. The second-order valence-electron chi connectivity index (χ2n) is 3.09. The van der Waals surface area contributed by atoms with Gasteiger partial charge in [0, 0.05) is 13.3 Å². The van der Waals surface area contributed by atoms with E-state index in [1.165, 1.54) is 0 Å². The van der Waals surface area contributed by atoms with Gasteiger partial charge in [-0.15, -0.1) is 0 Å². The predicted octanol–water partition coefficient (Wildman–Crippen LogP) is 1.29. The lowest BCUT2D eigenvalue weighted by molar-refractivity contribution is -0.0476. The molecule has 0 fully saturated rings. The molecule has 1 aromatic rings. The van der Waals surface area contributed by atoms with Crippen molar-refractivity contribution in [3.63, 3.8) is 0 Å². The van der Waals surface area contributed by atoms with Crippen LogP contribution in [0, 0.1) is 0 Å². The standard InChI is InChI=1S/C10H16N2O2/c1-4-7-6-8(10(13)14)12(3)9(7)11-5-2/h5-6,10,13-14H,4H2,1-3H3/b11-5-. The zero-order chi connectivity index (χ0) is 10.7. The van der Waals surface area contributed by atoms with Crippen molar-refractivity contribution < 1.29 is 10.2 Å². The summed E-state index contributed by atoms with van der Waals surface area (Å²) in [6, 6.07) is 1.77. The molecule has 14 heavy (non-hydrogen) atoms. The maximum Gasteiger partial charge on any atom is 0.194 e. The van der Waals surface area contributed by atoms with Crippen molar-refractivity contribution >= 4 is 12.0 Å². The van der Waals surface area contributed by atoms with Gasteiger partial charge in [0.15, 0.2) is 6.29 Å². The average Bonchev–Trinajstić information content (AvgIpc) is 2.45. The number of aliphatic imine (C=N–C) groups is 1. The fourth-order valence-corrected chi connectivity index (χ4v) is 1.48. The third kappa shape index (κ3) is 1.86. The SMILES string of the molecule is C/C=N\c1c(CC)cc(C(O)O)n1C. The van der Waals surface area contributed by atoms with Gasteiger partial charge < -0.3 is 14.8 Å². The first-order valence-corrected chi connectivity index (χ1v) is 4.65. The van der Waals surface area contributed by atoms with Gasteiger partial charge in [-0.2, -0.15) is 0 Å². The molecule has 4 nitrogen and oxygen atoms in total. The highest BCUT2D eigenvalue weighted by Gasteiger charge is 2.14. The van der Waals surface area contributed by atoms with Crippen molar-refractivity contribution in [1.82, 2.24) is 4.57 Å². The zero-order valence-corrected chi connectivity index (χ0v) is 8.73. The van der Waals surface area contributed by atoms with Crippen molar-refractivity contribution in [2.75, 3.05) is 0 Å². The number of hydrogen-bond acceptors (Lipinski definition) is 3. The Labute approximate surface area is 83.5 Å². The van der Waals surface area contributed by atoms with Crippen LogP contribution in [-0.2, 0) is 13.5 Å². The second-order valence-corrected chi connectivity index (χ2v) is 3.09. The predicted molar refractivity (Wildman–Crippen MR) is 55.8 cm³/mol. The first kappa shape index (κ1) is 10.9. The van der Waals surface area contributed by atoms with Crippen molar-refractivity contribution in [1.29, 1.82) is 0 Å². The Balaban J connectivity index is 3.25. The van der Waals surface area contributed by atoms with Crippen LogP contribution in [0.25, 0.3) is 0 Å². The largest absolute Gasteiger partial charge is 0.363 e. The Kier molecular flexibility index (Phi) is 3.43. The quantitative estimate of drug-likeness (QED) is 0.565. The Bertz CT molecular complexity index is 340. The van der Waals surface area contributed by atoms with Crippen LogP contribution in [0.5, 0.6) is 0 Å². The topological polar surface area (TPSA) is 57.8 Å². The number of aliphatic hydroxyl groups excluding tert-OH is 1. The molecule has 0 bridgehead atoms. The number of nitrogens with zero attached hydrogens (tertiary/aromatic N) is 2. The third-order valence-corrected chi connectivity index (χ3v) is 2.21. The summed E-state index contributed by atoms with van der Waals surface area (Å²) < 4.78 is 1.70. The number of aliphatic hydroxyl groups is 2. The summed E-state index contributed by atoms with van der Waals surface area (Å²) in [6.45, 7) is 3.85. The summed E-state index contributed by atoms with van der Waals surface area (Å²) in [5.41, 5.74) is 1.50. The van der Waals surface area contributed by atoms with Crippen LogP contribution in [0.3, 0.4) is 0 Å². The van der Waals surface area contributed by atoms with E-state index in [1.807, 2.05) is 13.8 Å². The van der Waals surface area contributed by atoms with E-state index in [4.69, 9.17) is 10.2 Å². The van der Waals surface area contributed by atoms with E-state index in [0.29, 0.717) is 5.69 Å². The molecule has 0 aliphatic rings. The van der Waals surface area contributed by atoms with Crippen LogP contribution in [-0.4, -0.2) is 21.0 Å². The summed E-state index contributed by atoms with van der Waals surface area (Å²) in [7, 11) is 1.77. The molecule has 4 heteroatoms. The Morgan fingerprint density at radius 1 is 1.57 bits per heavy atom. The maximum absolute atomic E-state index is 9.09. The molecule has 0 atom stereocenters. The van der Waals surface area contributed by atoms with Crippen molar-refractivity contribution in [2.24, 2.45) is 12.0 Å². The molecule has 2 N–H and O–H groups in total. The van der Waals surface area contributed by atoms with Gasteiger partial charge in [-0.1, -0.05) is 6.92 Å².